The van der Waals surface area contributed by atoms with Crippen molar-refractivity contribution >= 4 is 33.4 Å². The molecule has 2 rings (SSSR count). The Kier molecular flexibility index (Phi) is 6.45. The molecule has 1 amide bonds. The molecule has 0 aliphatic heterocycles. The number of rotatable bonds is 6. The molecule has 0 aliphatic carbocycles. The van der Waals surface area contributed by atoms with E-state index in [2.05, 4.69) is 15.9 Å². The Morgan fingerprint density at radius 2 is 1.96 bits per heavy atom. The fraction of sp³-hybridized carbons (Fsp3) is 0.235. The highest BCUT2D eigenvalue weighted by molar-refractivity contribution is 9.10. The number of methoxy groups -OCH3 is 1. The molecule has 0 spiro atoms. The van der Waals surface area contributed by atoms with Gasteiger partial charge in [-0.3, -0.25) is 4.79 Å². The second-order valence-electron chi connectivity index (χ2n) is 5.07. The molecule has 7 heteroatoms. The van der Waals surface area contributed by atoms with E-state index in [1.165, 1.54) is 17.0 Å². The van der Waals surface area contributed by atoms with Crippen molar-refractivity contribution in [2.45, 2.75) is 6.54 Å². The van der Waals surface area contributed by atoms with E-state index in [1.807, 2.05) is 18.2 Å². The van der Waals surface area contributed by atoms with E-state index in [4.69, 9.17) is 21.1 Å². The van der Waals surface area contributed by atoms with Gasteiger partial charge in [-0.25, -0.2) is 4.39 Å². The number of likely N-dealkylation sites (N-methyl/N-ethyl adjacent to an activating group) is 1. The predicted molar refractivity (Wildman–Crippen MR) is 94.1 cm³/mol. The van der Waals surface area contributed by atoms with Crippen molar-refractivity contribution in [3.05, 3.63) is 57.3 Å². The van der Waals surface area contributed by atoms with Gasteiger partial charge in [0.2, 0.25) is 0 Å². The number of hydrogen-bond acceptors (Lipinski definition) is 3. The predicted octanol–water partition coefficient (Wildman–Crippen LogP) is 4.29. The number of halogens is 3. The van der Waals surface area contributed by atoms with Gasteiger partial charge in [0.05, 0.1) is 12.1 Å². The van der Waals surface area contributed by atoms with Crippen LogP contribution in [0.5, 0.6) is 11.5 Å². The molecule has 0 radical (unpaired) electrons. The highest BCUT2D eigenvalue weighted by Gasteiger charge is 2.14. The zero-order valence-corrected chi connectivity index (χ0v) is 15.5. The number of ether oxygens (including phenoxy) is 2. The highest BCUT2D eigenvalue weighted by atomic mass is 79.9. The minimum atomic E-state index is -0.461. The van der Waals surface area contributed by atoms with Gasteiger partial charge in [0.25, 0.3) is 5.91 Å². The second-order valence-corrected chi connectivity index (χ2v) is 6.39. The molecule has 0 atom stereocenters. The summed E-state index contributed by atoms with van der Waals surface area (Å²) in [6.45, 7) is 0.167. The minimum Gasteiger partial charge on any atom is -0.496 e. The highest BCUT2D eigenvalue weighted by Crippen LogP contribution is 2.26. The summed E-state index contributed by atoms with van der Waals surface area (Å²) in [7, 11) is 3.24. The van der Waals surface area contributed by atoms with Crippen LogP contribution in [0.1, 0.15) is 5.56 Å². The van der Waals surface area contributed by atoms with Crippen LogP contribution in [0.25, 0.3) is 0 Å². The molecule has 0 aromatic heterocycles. The minimum absolute atomic E-state index is 0.124. The van der Waals surface area contributed by atoms with Crippen molar-refractivity contribution in [3.8, 4) is 11.5 Å². The zero-order valence-electron chi connectivity index (χ0n) is 13.2. The maximum atomic E-state index is 13.0. The van der Waals surface area contributed by atoms with E-state index < -0.39 is 5.82 Å². The van der Waals surface area contributed by atoms with Crippen LogP contribution >= 0.6 is 27.5 Å². The largest absolute Gasteiger partial charge is 0.496 e. The van der Waals surface area contributed by atoms with Gasteiger partial charge in [-0.1, -0.05) is 27.5 Å². The molecule has 0 fully saturated rings. The van der Waals surface area contributed by atoms with Crippen molar-refractivity contribution < 1.29 is 18.7 Å². The van der Waals surface area contributed by atoms with E-state index in [0.717, 1.165) is 16.1 Å². The van der Waals surface area contributed by atoms with Crippen molar-refractivity contribution in [1.82, 2.24) is 4.90 Å². The lowest BCUT2D eigenvalue weighted by Crippen LogP contribution is -2.31. The van der Waals surface area contributed by atoms with Crippen LogP contribution in [0, 0.1) is 5.82 Å². The number of carbonyl (C=O) groups excluding carboxylic acids is 1. The van der Waals surface area contributed by atoms with Crippen molar-refractivity contribution in [2.75, 3.05) is 20.8 Å². The first-order valence-electron chi connectivity index (χ1n) is 7.05. The van der Waals surface area contributed by atoms with Crippen LogP contribution in [-0.4, -0.2) is 31.6 Å². The number of carbonyl (C=O) groups is 1. The summed E-state index contributed by atoms with van der Waals surface area (Å²) in [5, 5.41) is 0.124. The number of benzene rings is 2. The summed E-state index contributed by atoms with van der Waals surface area (Å²) < 4.78 is 24.5. The first-order chi connectivity index (χ1) is 11.4. The second kappa shape index (κ2) is 8.35. The van der Waals surface area contributed by atoms with Crippen molar-refractivity contribution in [3.63, 3.8) is 0 Å². The van der Waals surface area contributed by atoms with Crippen LogP contribution < -0.4 is 9.47 Å². The average molecular weight is 417 g/mol. The molecule has 0 heterocycles. The van der Waals surface area contributed by atoms with Gasteiger partial charge < -0.3 is 14.4 Å². The molecule has 0 saturated carbocycles. The van der Waals surface area contributed by atoms with E-state index in [0.29, 0.717) is 12.3 Å². The number of amides is 1. The molecule has 0 saturated heterocycles. The third-order valence-corrected chi connectivity index (χ3v) is 4.11. The Labute approximate surface area is 153 Å². The third kappa shape index (κ3) is 4.85. The summed E-state index contributed by atoms with van der Waals surface area (Å²) >= 11 is 9.27. The maximum Gasteiger partial charge on any atom is 0.260 e. The van der Waals surface area contributed by atoms with Gasteiger partial charge in [-0.15, -0.1) is 0 Å². The van der Waals surface area contributed by atoms with E-state index in [-0.39, 0.29) is 23.3 Å². The summed E-state index contributed by atoms with van der Waals surface area (Å²) in [6, 6.07) is 9.33. The van der Waals surface area contributed by atoms with E-state index >= 15 is 0 Å². The summed E-state index contributed by atoms with van der Waals surface area (Å²) in [6.07, 6.45) is 0. The molecule has 0 unspecified atom stereocenters. The fourth-order valence-electron chi connectivity index (χ4n) is 2.06. The van der Waals surface area contributed by atoms with Crippen LogP contribution in [0.3, 0.4) is 0 Å². The SMILES string of the molecule is COc1ccc(Br)cc1CN(C)C(=O)COc1ccc(F)cc1Cl. The fourth-order valence-corrected chi connectivity index (χ4v) is 2.69. The molecule has 0 N–H and O–H groups in total. The normalized spacial score (nSPS) is 10.4. The van der Waals surface area contributed by atoms with Crippen LogP contribution in [0.4, 0.5) is 4.39 Å². The summed E-state index contributed by atoms with van der Waals surface area (Å²) in [4.78, 5) is 13.7. The van der Waals surface area contributed by atoms with Gasteiger partial charge in [-0.2, -0.15) is 0 Å². The standard InChI is InChI=1S/C17H16BrClFNO3/c1-21(9-11-7-12(18)3-5-15(11)23-2)17(22)10-24-16-6-4-13(20)8-14(16)19/h3-8H,9-10H2,1-2H3. The summed E-state index contributed by atoms with van der Waals surface area (Å²) in [5.41, 5.74) is 0.863. The number of nitrogens with zero attached hydrogens (tertiary/aromatic N) is 1. The van der Waals surface area contributed by atoms with Crippen molar-refractivity contribution in [2.24, 2.45) is 0 Å². The Hall–Kier alpha value is -1.79. The lowest BCUT2D eigenvalue weighted by Gasteiger charge is -2.19. The Morgan fingerprint density at radius 1 is 1.25 bits per heavy atom. The third-order valence-electron chi connectivity index (χ3n) is 3.32. The van der Waals surface area contributed by atoms with E-state index in [9.17, 15) is 9.18 Å². The molecule has 2 aromatic carbocycles. The molecule has 2 aromatic rings. The Morgan fingerprint density at radius 3 is 2.62 bits per heavy atom. The van der Waals surface area contributed by atoms with Gasteiger partial charge >= 0.3 is 0 Å². The quantitative estimate of drug-likeness (QED) is 0.705. The Balaban J connectivity index is 1.98. The molecule has 128 valence electrons. The zero-order chi connectivity index (χ0) is 17.7. The molecular weight excluding hydrogens is 401 g/mol. The maximum absolute atomic E-state index is 13.0. The first kappa shape index (κ1) is 18.5. The van der Waals surface area contributed by atoms with Gasteiger partial charge in [0, 0.05) is 23.6 Å². The smallest absolute Gasteiger partial charge is 0.260 e. The number of hydrogen-bond donors (Lipinski definition) is 0. The average Bonchev–Trinajstić information content (AvgIpc) is 2.54. The first-order valence-corrected chi connectivity index (χ1v) is 8.22. The van der Waals surface area contributed by atoms with Crippen LogP contribution in [0.2, 0.25) is 5.02 Å². The topological polar surface area (TPSA) is 38.8 Å². The molecular formula is C17H16BrClFNO3. The Bertz CT molecular complexity index is 742. The monoisotopic (exact) mass is 415 g/mol. The molecule has 24 heavy (non-hydrogen) atoms. The van der Waals surface area contributed by atoms with Crippen molar-refractivity contribution in [1.29, 1.82) is 0 Å². The lowest BCUT2D eigenvalue weighted by molar-refractivity contribution is -0.132. The van der Waals surface area contributed by atoms with E-state index in [1.54, 1.807) is 14.2 Å². The molecule has 4 nitrogen and oxygen atoms in total. The van der Waals surface area contributed by atoms with Gasteiger partial charge in [0.1, 0.15) is 17.3 Å². The van der Waals surface area contributed by atoms with Gasteiger partial charge in [-0.05, 0) is 36.4 Å². The summed E-state index contributed by atoms with van der Waals surface area (Å²) in [5.74, 6) is 0.259. The lowest BCUT2D eigenvalue weighted by atomic mass is 10.2. The van der Waals surface area contributed by atoms with Crippen LogP contribution in [0.15, 0.2) is 40.9 Å². The molecule has 0 aliphatic rings. The molecule has 0 bridgehead atoms. The van der Waals surface area contributed by atoms with Crippen LogP contribution in [-0.2, 0) is 11.3 Å². The van der Waals surface area contributed by atoms with Gasteiger partial charge in [0.15, 0.2) is 6.61 Å².